The number of hydrogen-bond donors (Lipinski definition) is 2. The standard InChI is InChI=1S/C6H12N2O.ClH/c1-7-5-2-3-6(9)8-4-5;/h5,7H,2-4H2,1H3,(H,8,9);1H. The number of halogens is 1. The molecule has 1 aliphatic rings. The number of piperidine rings is 1. The summed E-state index contributed by atoms with van der Waals surface area (Å²) in [5.74, 6) is 0.182. The maximum atomic E-state index is 10.6. The molecule has 1 saturated heterocycles. The van der Waals surface area contributed by atoms with E-state index in [4.69, 9.17) is 0 Å². The van der Waals surface area contributed by atoms with Crippen molar-refractivity contribution in [2.24, 2.45) is 0 Å². The van der Waals surface area contributed by atoms with Gasteiger partial charge in [-0.1, -0.05) is 0 Å². The van der Waals surface area contributed by atoms with Gasteiger partial charge in [0, 0.05) is 19.0 Å². The quantitative estimate of drug-likeness (QED) is 0.569. The fraction of sp³-hybridized carbons (Fsp3) is 0.833. The van der Waals surface area contributed by atoms with E-state index >= 15 is 0 Å². The average molecular weight is 165 g/mol. The highest BCUT2D eigenvalue weighted by molar-refractivity contribution is 5.85. The third kappa shape index (κ3) is 2.54. The molecule has 1 amide bonds. The van der Waals surface area contributed by atoms with Crippen molar-refractivity contribution < 1.29 is 4.79 Å². The third-order valence-corrected chi connectivity index (χ3v) is 1.67. The van der Waals surface area contributed by atoms with Crippen molar-refractivity contribution in [3.8, 4) is 0 Å². The second-order valence-corrected chi connectivity index (χ2v) is 2.33. The molecule has 0 saturated carbocycles. The zero-order valence-electron chi connectivity index (χ0n) is 6.02. The monoisotopic (exact) mass is 164 g/mol. The van der Waals surface area contributed by atoms with Gasteiger partial charge in [-0.2, -0.15) is 0 Å². The minimum Gasteiger partial charge on any atom is -0.355 e. The Bertz CT molecular complexity index is 108. The van der Waals surface area contributed by atoms with E-state index in [2.05, 4.69) is 10.6 Å². The number of likely N-dealkylation sites (N-methyl/N-ethyl adjacent to an activating group) is 1. The fourth-order valence-electron chi connectivity index (χ4n) is 0.979. The summed E-state index contributed by atoms with van der Waals surface area (Å²) >= 11 is 0. The van der Waals surface area contributed by atoms with Crippen LogP contribution in [0, 0.1) is 0 Å². The largest absolute Gasteiger partial charge is 0.355 e. The highest BCUT2D eigenvalue weighted by atomic mass is 35.5. The van der Waals surface area contributed by atoms with E-state index < -0.39 is 0 Å². The van der Waals surface area contributed by atoms with Gasteiger partial charge in [-0.3, -0.25) is 4.79 Å². The van der Waals surface area contributed by atoms with Crippen LogP contribution in [-0.4, -0.2) is 25.5 Å². The smallest absolute Gasteiger partial charge is 0.220 e. The van der Waals surface area contributed by atoms with Crippen molar-refractivity contribution in [1.82, 2.24) is 10.6 Å². The van der Waals surface area contributed by atoms with Crippen molar-refractivity contribution in [3.63, 3.8) is 0 Å². The minimum atomic E-state index is 0. The lowest BCUT2D eigenvalue weighted by Gasteiger charge is -2.21. The van der Waals surface area contributed by atoms with Gasteiger partial charge < -0.3 is 10.6 Å². The van der Waals surface area contributed by atoms with E-state index in [9.17, 15) is 4.79 Å². The van der Waals surface area contributed by atoms with E-state index in [0.717, 1.165) is 13.0 Å². The highest BCUT2D eigenvalue weighted by Gasteiger charge is 2.14. The number of amides is 1. The fourth-order valence-corrected chi connectivity index (χ4v) is 0.979. The maximum Gasteiger partial charge on any atom is 0.220 e. The van der Waals surface area contributed by atoms with E-state index in [1.165, 1.54) is 0 Å². The summed E-state index contributed by atoms with van der Waals surface area (Å²) in [6, 6.07) is 0.489. The first kappa shape index (κ1) is 9.72. The lowest BCUT2D eigenvalue weighted by Crippen LogP contribution is -2.44. The molecule has 10 heavy (non-hydrogen) atoms. The SMILES string of the molecule is CNC1CCC(=O)NC1.Cl. The predicted octanol–water partition coefficient (Wildman–Crippen LogP) is -0.0938. The van der Waals surface area contributed by atoms with Crippen LogP contribution in [0.1, 0.15) is 12.8 Å². The van der Waals surface area contributed by atoms with E-state index in [1.54, 1.807) is 0 Å². The lowest BCUT2D eigenvalue weighted by atomic mass is 10.1. The van der Waals surface area contributed by atoms with Gasteiger partial charge in [-0.25, -0.2) is 0 Å². The Morgan fingerprint density at radius 3 is 2.80 bits per heavy atom. The van der Waals surface area contributed by atoms with Gasteiger partial charge in [0.15, 0.2) is 0 Å². The molecule has 0 aromatic heterocycles. The summed E-state index contributed by atoms with van der Waals surface area (Å²) < 4.78 is 0. The van der Waals surface area contributed by atoms with Gasteiger partial charge >= 0.3 is 0 Å². The van der Waals surface area contributed by atoms with E-state index in [0.29, 0.717) is 12.5 Å². The molecule has 1 heterocycles. The minimum absolute atomic E-state index is 0. The van der Waals surface area contributed by atoms with Crippen LogP contribution >= 0.6 is 12.4 Å². The molecule has 3 nitrogen and oxygen atoms in total. The van der Waals surface area contributed by atoms with Crippen LogP contribution in [0.3, 0.4) is 0 Å². The molecule has 0 bridgehead atoms. The first-order valence-electron chi connectivity index (χ1n) is 3.27. The first-order valence-corrected chi connectivity index (χ1v) is 3.27. The van der Waals surface area contributed by atoms with Gasteiger partial charge in [0.05, 0.1) is 0 Å². The van der Waals surface area contributed by atoms with Gasteiger partial charge in [0.25, 0.3) is 0 Å². The summed E-state index contributed by atoms with van der Waals surface area (Å²) in [7, 11) is 1.92. The summed E-state index contributed by atoms with van der Waals surface area (Å²) in [6.07, 6.45) is 1.65. The topological polar surface area (TPSA) is 41.1 Å². The summed E-state index contributed by atoms with van der Waals surface area (Å²) in [5, 5.41) is 5.89. The zero-order valence-corrected chi connectivity index (χ0v) is 6.83. The van der Waals surface area contributed by atoms with Gasteiger partial charge in [-0.15, -0.1) is 12.4 Å². The van der Waals surface area contributed by atoms with E-state index in [-0.39, 0.29) is 18.3 Å². The Morgan fingerprint density at radius 2 is 2.40 bits per heavy atom. The van der Waals surface area contributed by atoms with Crippen molar-refractivity contribution in [2.75, 3.05) is 13.6 Å². The van der Waals surface area contributed by atoms with Crippen molar-refractivity contribution >= 4 is 18.3 Å². The van der Waals surface area contributed by atoms with Gasteiger partial charge in [-0.05, 0) is 13.5 Å². The number of hydrogen-bond acceptors (Lipinski definition) is 2. The molecule has 0 aliphatic carbocycles. The van der Waals surface area contributed by atoms with Gasteiger partial charge in [0.2, 0.25) is 5.91 Å². The maximum absolute atomic E-state index is 10.6. The van der Waals surface area contributed by atoms with E-state index in [1.807, 2.05) is 7.05 Å². The lowest BCUT2D eigenvalue weighted by molar-refractivity contribution is -0.122. The number of nitrogens with one attached hydrogen (secondary N) is 2. The molecule has 2 N–H and O–H groups in total. The predicted molar refractivity (Wildman–Crippen MR) is 42.3 cm³/mol. The molecule has 1 aliphatic heterocycles. The van der Waals surface area contributed by atoms with Crippen LogP contribution in [0.4, 0.5) is 0 Å². The molecule has 1 rings (SSSR count). The highest BCUT2D eigenvalue weighted by Crippen LogP contribution is 2.00. The molecule has 0 aromatic rings. The number of carbonyl (C=O) groups excluding carboxylic acids is 1. The van der Waals surface area contributed by atoms with Crippen LogP contribution in [0.5, 0.6) is 0 Å². The molecule has 0 aromatic carbocycles. The summed E-state index contributed by atoms with van der Waals surface area (Å²) in [4.78, 5) is 10.6. The van der Waals surface area contributed by atoms with Crippen LogP contribution in [0.2, 0.25) is 0 Å². The second-order valence-electron chi connectivity index (χ2n) is 2.33. The van der Waals surface area contributed by atoms with Crippen LogP contribution < -0.4 is 10.6 Å². The van der Waals surface area contributed by atoms with Crippen LogP contribution in [0.15, 0.2) is 0 Å². The molecule has 0 spiro atoms. The first-order chi connectivity index (χ1) is 4.33. The van der Waals surface area contributed by atoms with Crippen LogP contribution in [-0.2, 0) is 4.79 Å². The molecule has 4 heteroatoms. The molecular formula is C6H13ClN2O. The molecule has 1 atom stereocenters. The molecule has 1 fully saturated rings. The third-order valence-electron chi connectivity index (χ3n) is 1.67. The Labute approximate surface area is 67.0 Å². The molecular weight excluding hydrogens is 152 g/mol. The Kier molecular flexibility index (Phi) is 4.40. The normalized spacial score (nSPS) is 24.9. The Morgan fingerprint density at radius 1 is 1.70 bits per heavy atom. The zero-order chi connectivity index (χ0) is 6.69. The van der Waals surface area contributed by atoms with Crippen molar-refractivity contribution in [3.05, 3.63) is 0 Å². The average Bonchev–Trinajstić information content (AvgIpc) is 1.90. The second kappa shape index (κ2) is 4.52. The molecule has 1 unspecified atom stereocenters. The molecule has 0 radical (unpaired) electrons. The van der Waals surface area contributed by atoms with Gasteiger partial charge in [0.1, 0.15) is 0 Å². The number of rotatable bonds is 1. The Hall–Kier alpha value is -0.280. The van der Waals surface area contributed by atoms with Crippen LogP contribution in [0.25, 0.3) is 0 Å². The summed E-state index contributed by atoms with van der Waals surface area (Å²) in [5.41, 5.74) is 0. The number of carbonyl (C=O) groups is 1. The van der Waals surface area contributed by atoms with Crippen molar-refractivity contribution in [1.29, 1.82) is 0 Å². The Balaban J connectivity index is 0.000000810. The summed E-state index contributed by atoms with van der Waals surface area (Å²) in [6.45, 7) is 0.787. The van der Waals surface area contributed by atoms with Crippen molar-refractivity contribution in [2.45, 2.75) is 18.9 Å². The molecule has 60 valence electrons.